The van der Waals surface area contributed by atoms with Crippen LogP contribution >= 0.6 is 11.6 Å². The molecule has 1 atom stereocenters. The fourth-order valence-electron chi connectivity index (χ4n) is 2.78. The average Bonchev–Trinajstić information content (AvgIpc) is 2.36. The van der Waals surface area contributed by atoms with Crippen LogP contribution in [-0.4, -0.2) is 23.0 Å². The molecule has 1 aliphatic carbocycles. The largest absolute Gasteiger partial charge is 0.378 e. The molecule has 4 nitrogen and oxygen atoms in total. The summed E-state index contributed by atoms with van der Waals surface area (Å²) < 4.78 is 5.53. The van der Waals surface area contributed by atoms with Gasteiger partial charge in [0.1, 0.15) is 0 Å². The first-order chi connectivity index (χ1) is 9.60. The van der Waals surface area contributed by atoms with Gasteiger partial charge in [0.2, 0.25) is 0 Å². The Balaban J connectivity index is 1.83. The summed E-state index contributed by atoms with van der Waals surface area (Å²) in [4.78, 5) is 10.6. The van der Waals surface area contributed by atoms with Crippen LogP contribution in [0.2, 0.25) is 0 Å². The Labute approximate surface area is 124 Å². The van der Waals surface area contributed by atoms with Crippen LogP contribution in [0.5, 0.6) is 0 Å². The fourth-order valence-corrected chi connectivity index (χ4v) is 3.20. The minimum atomic E-state index is -0.340. The average molecular weight is 298 g/mol. The maximum Gasteiger partial charge on any atom is 0.272 e. The zero-order valence-electron chi connectivity index (χ0n) is 11.6. The molecule has 0 saturated heterocycles. The first-order valence-electron chi connectivity index (χ1n) is 7.08. The summed E-state index contributed by atoms with van der Waals surface area (Å²) in [7, 11) is 0. The number of nitrogens with zero attached hydrogens (tertiary/aromatic N) is 1. The van der Waals surface area contributed by atoms with Gasteiger partial charge in [0.05, 0.1) is 11.0 Å². The van der Waals surface area contributed by atoms with Gasteiger partial charge >= 0.3 is 0 Å². The highest BCUT2D eigenvalue weighted by molar-refractivity contribution is 6.20. The molecule has 1 aromatic rings. The van der Waals surface area contributed by atoms with Crippen molar-refractivity contribution in [3.8, 4) is 0 Å². The molecule has 20 heavy (non-hydrogen) atoms. The van der Waals surface area contributed by atoms with Crippen LogP contribution in [0, 0.1) is 16.0 Å². The van der Waals surface area contributed by atoms with E-state index in [9.17, 15) is 10.1 Å². The van der Waals surface area contributed by atoms with Crippen molar-refractivity contribution in [1.29, 1.82) is 0 Å². The molecule has 5 heteroatoms. The predicted molar refractivity (Wildman–Crippen MR) is 79.2 cm³/mol. The van der Waals surface area contributed by atoms with Gasteiger partial charge in [-0.3, -0.25) is 10.1 Å². The lowest BCUT2D eigenvalue weighted by Gasteiger charge is -2.36. The van der Waals surface area contributed by atoms with Crippen molar-refractivity contribution < 1.29 is 9.66 Å². The zero-order valence-corrected chi connectivity index (χ0v) is 12.4. The van der Waals surface area contributed by atoms with Crippen LogP contribution in [0.4, 0.5) is 5.69 Å². The Hall–Kier alpha value is -1.13. The third-order valence-electron chi connectivity index (χ3n) is 3.81. The molecule has 0 aliphatic heterocycles. The van der Waals surface area contributed by atoms with Gasteiger partial charge in [-0.05, 0) is 38.5 Å². The predicted octanol–water partition coefficient (Wildman–Crippen LogP) is 3.95. The molecular weight excluding hydrogens is 278 g/mol. The molecule has 0 aromatic heterocycles. The highest BCUT2D eigenvalue weighted by Gasteiger charge is 2.31. The van der Waals surface area contributed by atoms with Gasteiger partial charge in [0.15, 0.2) is 0 Å². The summed E-state index contributed by atoms with van der Waals surface area (Å²) in [5, 5.41) is 10.9. The van der Waals surface area contributed by atoms with Gasteiger partial charge in [-0.25, -0.2) is 0 Å². The van der Waals surface area contributed by atoms with Crippen molar-refractivity contribution in [3.05, 3.63) is 39.9 Å². The molecule has 0 heterocycles. The van der Waals surface area contributed by atoms with E-state index >= 15 is 0 Å². The van der Waals surface area contributed by atoms with Crippen molar-refractivity contribution in [2.24, 2.45) is 5.92 Å². The van der Waals surface area contributed by atoms with Gasteiger partial charge in [0, 0.05) is 23.6 Å². The smallest absolute Gasteiger partial charge is 0.272 e. The maximum atomic E-state index is 11.0. The Morgan fingerprint density at radius 3 is 2.80 bits per heavy atom. The topological polar surface area (TPSA) is 52.4 Å². The Bertz CT molecular complexity index is 460. The highest BCUT2D eigenvalue weighted by Crippen LogP contribution is 2.35. The minimum Gasteiger partial charge on any atom is -0.378 e. The van der Waals surface area contributed by atoms with Crippen molar-refractivity contribution in [1.82, 2.24) is 0 Å². The number of benzene rings is 1. The molecule has 1 fully saturated rings. The van der Waals surface area contributed by atoms with Crippen molar-refractivity contribution in [2.75, 3.05) is 6.61 Å². The number of rotatable bonds is 7. The number of halogens is 1. The molecule has 0 radical (unpaired) electrons. The molecular formula is C15H20ClNO3. The van der Waals surface area contributed by atoms with Crippen LogP contribution in [0.1, 0.15) is 31.7 Å². The first-order valence-corrected chi connectivity index (χ1v) is 7.51. The molecule has 1 aliphatic rings. The third kappa shape index (κ3) is 3.93. The van der Waals surface area contributed by atoms with E-state index < -0.39 is 0 Å². The minimum absolute atomic E-state index is 0.0522. The summed E-state index contributed by atoms with van der Waals surface area (Å²) in [6.07, 6.45) is 3.97. The fraction of sp³-hybridized carbons (Fsp3) is 0.600. The molecule has 2 rings (SSSR count). The van der Waals surface area contributed by atoms with Gasteiger partial charge in [-0.1, -0.05) is 18.2 Å². The van der Waals surface area contributed by atoms with Crippen molar-refractivity contribution in [2.45, 2.75) is 44.1 Å². The summed E-state index contributed by atoms with van der Waals surface area (Å²) >= 11 is 6.36. The standard InChI is InChI=1S/C15H20ClNO3/c1-2-20-14-8-11(9-14)7-13(16)10-12-5-3-4-6-15(12)17(18)19/h3-6,11,13-14H,2,7-10H2,1H3. The Morgan fingerprint density at radius 1 is 1.45 bits per heavy atom. The summed E-state index contributed by atoms with van der Waals surface area (Å²) in [6, 6.07) is 6.83. The van der Waals surface area contributed by atoms with Crippen LogP contribution in [0.25, 0.3) is 0 Å². The molecule has 110 valence electrons. The number of alkyl halides is 1. The second kappa shape index (κ2) is 7.04. The lowest BCUT2D eigenvalue weighted by atomic mass is 9.78. The van der Waals surface area contributed by atoms with Crippen molar-refractivity contribution in [3.63, 3.8) is 0 Å². The quantitative estimate of drug-likeness (QED) is 0.435. The molecule has 1 unspecified atom stereocenters. The number of hydrogen-bond acceptors (Lipinski definition) is 3. The van der Waals surface area contributed by atoms with Crippen LogP contribution in [-0.2, 0) is 11.2 Å². The second-order valence-electron chi connectivity index (χ2n) is 5.34. The van der Waals surface area contributed by atoms with Gasteiger partial charge in [0.25, 0.3) is 5.69 Å². The van der Waals surface area contributed by atoms with Crippen LogP contribution < -0.4 is 0 Å². The molecule has 0 bridgehead atoms. The second-order valence-corrected chi connectivity index (χ2v) is 5.95. The van der Waals surface area contributed by atoms with E-state index in [-0.39, 0.29) is 16.0 Å². The van der Waals surface area contributed by atoms with E-state index in [1.54, 1.807) is 12.1 Å². The van der Waals surface area contributed by atoms with Gasteiger partial charge in [-0.2, -0.15) is 0 Å². The van der Waals surface area contributed by atoms with Crippen molar-refractivity contribution >= 4 is 17.3 Å². The summed E-state index contributed by atoms with van der Waals surface area (Å²) in [5.41, 5.74) is 0.886. The number of nitro benzene ring substituents is 1. The zero-order chi connectivity index (χ0) is 14.5. The Morgan fingerprint density at radius 2 is 2.15 bits per heavy atom. The highest BCUT2D eigenvalue weighted by atomic mass is 35.5. The molecule has 0 amide bonds. The monoisotopic (exact) mass is 297 g/mol. The van der Waals surface area contributed by atoms with Gasteiger partial charge < -0.3 is 4.74 Å². The van der Waals surface area contributed by atoms with E-state index in [1.807, 2.05) is 13.0 Å². The number of hydrogen-bond donors (Lipinski definition) is 0. The summed E-state index contributed by atoms with van der Waals surface area (Å²) in [6.45, 7) is 2.77. The number of ether oxygens (including phenoxy) is 1. The number of para-hydroxylation sites is 1. The summed E-state index contributed by atoms with van der Waals surface area (Å²) in [5.74, 6) is 0.594. The normalized spacial score (nSPS) is 23.1. The van der Waals surface area contributed by atoms with E-state index in [0.29, 0.717) is 18.4 Å². The Kier molecular flexibility index (Phi) is 5.38. The number of nitro groups is 1. The van der Waals surface area contributed by atoms with E-state index in [4.69, 9.17) is 16.3 Å². The SMILES string of the molecule is CCOC1CC(CC(Cl)Cc2ccccc2[N+](=O)[O-])C1. The lowest BCUT2D eigenvalue weighted by molar-refractivity contribution is -0.385. The molecule has 1 aromatic carbocycles. The first kappa shape index (κ1) is 15.3. The molecule has 1 saturated carbocycles. The van der Waals surface area contributed by atoms with E-state index in [1.165, 1.54) is 6.07 Å². The van der Waals surface area contributed by atoms with E-state index in [0.717, 1.165) is 31.4 Å². The van der Waals surface area contributed by atoms with Crippen LogP contribution in [0.15, 0.2) is 24.3 Å². The third-order valence-corrected chi connectivity index (χ3v) is 4.15. The van der Waals surface area contributed by atoms with Crippen LogP contribution in [0.3, 0.4) is 0 Å². The van der Waals surface area contributed by atoms with E-state index in [2.05, 4.69) is 0 Å². The molecule has 0 N–H and O–H groups in total. The molecule has 0 spiro atoms. The lowest BCUT2D eigenvalue weighted by Crippen LogP contribution is -2.33. The van der Waals surface area contributed by atoms with Gasteiger partial charge in [-0.15, -0.1) is 11.6 Å². The maximum absolute atomic E-state index is 11.0.